The van der Waals surface area contributed by atoms with Crippen molar-refractivity contribution in [3.63, 3.8) is 0 Å². The number of hydrogen-bond donors (Lipinski definition) is 3. The smallest absolute Gasteiger partial charge is 0.343 e. The molecule has 0 aliphatic carbocycles. The SMILES string of the molecule is C[C@H](NC(=O)c1nc(NC(=O)c2cc(F)cc(C(F)(F)F)c2)c2n1CC(=O)N[C@H]2c1cc(F)ccc1Cl)c1cccnc1. The molecule has 2 aromatic heterocycles. The summed E-state index contributed by atoms with van der Waals surface area (Å²) in [7, 11) is 0. The molecular formula is C28H20ClF5N6O3. The molecule has 0 radical (unpaired) electrons. The number of rotatable bonds is 6. The number of carbonyl (C=O) groups excluding carboxylic acids is 3. The molecule has 0 unspecified atom stereocenters. The molecule has 5 rings (SSSR count). The third-order valence-corrected chi connectivity index (χ3v) is 6.95. The first-order chi connectivity index (χ1) is 20.3. The fourth-order valence-corrected chi connectivity index (χ4v) is 4.83. The number of hydrogen-bond acceptors (Lipinski definition) is 5. The summed E-state index contributed by atoms with van der Waals surface area (Å²) in [5.74, 6) is -5.30. The molecule has 0 saturated carbocycles. The molecule has 4 aromatic rings. The molecule has 2 atom stereocenters. The largest absolute Gasteiger partial charge is 0.416 e. The van der Waals surface area contributed by atoms with E-state index in [4.69, 9.17) is 11.6 Å². The van der Waals surface area contributed by atoms with Gasteiger partial charge in [0.05, 0.1) is 23.3 Å². The quantitative estimate of drug-likeness (QED) is 0.257. The molecule has 3 N–H and O–H groups in total. The third kappa shape index (κ3) is 6.18. The molecule has 43 heavy (non-hydrogen) atoms. The number of nitrogens with one attached hydrogen (secondary N) is 3. The van der Waals surface area contributed by atoms with Crippen molar-refractivity contribution in [1.29, 1.82) is 0 Å². The molecule has 1 aliphatic rings. The minimum Gasteiger partial charge on any atom is -0.343 e. The van der Waals surface area contributed by atoms with Crippen molar-refractivity contribution in [1.82, 2.24) is 25.2 Å². The highest BCUT2D eigenvalue weighted by molar-refractivity contribution is 6.31. The summed E-state index contributed by atoms with van der Waals surface area (Å²) in [6, 6.07) is 6.19. The zero-order valence-electron chi connectivity index (χ0n) is 22.0. The number of nitrogens with zero attached hydrogens (tertiary/aromatic N) is 3. The summed E-state index contributed by atoms with van der Waals surface area (Å²) in [6.45, 7) is 1.21. The van der Waals surface area contributed by atoms with Crippen LogP contribution >= 0.6 is 11.6 Å². The Morgan fingerprint density at radius 3 is 2.56 bits per heavy atom. The summed E-state index contributed by atoms with van der Waals surface area (Å²) in [6.07, 6.45) is -1.86. The van der Waals surface area contributed by atoms with E-state index in [1.165, 1.54) is 16.8 Å². The molecule has 15 heteroatoms. The number of alkyl halides is 3. The van der Waals surface area contributed by atoms with Crippen LogP contribution in [0.1, 0.15) is 62.4 Å². The first-order valence-corrected chi connectivity index (χ1v) is 12.9. The van der Waals surface area contributed by atoms with Gasteiger partial charge in [-0.3, -0.25) is 19.4 Å². The van der Waals surface area contributed by atoms with Crippen molar-refractivity contribution < 1.29 is 36.3 Å². The molecule has 0 fully saturated rings. The number of carbonyl (C=O) groups is 3. The Morgan fingerprint density at radius 1 is 1.09 bits per heavy atom. The zero-order chi connectivity index (χ0) is 31.1. The van der Waals surface area contributed by atoms with Crippen LogP contribution in [0.4, 0.5) is 27.8 Å². The number of fused-ring (bicyclic) bond motifs is 1. The second-order valence-corrected chi connectivity index (χ2v) is 9.99. The molecule has 3 amide bonds. The van der Waals surface area contributed by atoms with Crippen LogP contribution in [0.5, 0.6) is 0 Å². The minimum atomic E-state index is -4.94. The normalized spacial score (nSPS) is 15.3. The van der Waals surface area contributed by atoms with E-state index < -0.39 is 65.3 Å². The molecular weight excluding hydrogens is 599 g/mol. The summed E-state index contributed by atoms with van der Waals surface area (Å²) < 4.78 is 69.3. The average molecular weight is 619 g/mol. The van der Waals surface area contributed by atoms with Gasteiger partial charge in [-0.15, -0.1) is 0 Å². The molecule has 0 bridgehead atoms. The Balaban J connectivity index is 1.60. The summed E-state index contributed by atoms with van der Waals surface area (Å²) in [5.41, 5.74) is -1.42. The molecule has 3 heterocycles. The summed E-state index contributed by atoms with van der Waals surface area (Å²) in [5, 5.41) is 7.67. The number of anilines is 1. The Labute approximate surface area is 245 Å². The van der Waals surface area contributed by atoms with Crippen LogP contribution in [-0.2, 0) is 17.5 Å². The van der Waals surface area contributed by atoms with Gasteiger partial charge < -0.3 is 20.5 Å². The summed E-state index contributed by atoms with van der Waals surface area (Å²) in [4.78, 5) is 47.5. The Hall–Kier alpha value is -4.85. The van der Waals surface area contributed by atoms with E-state index in [-0.39, 0.29) is 34.0 Å². The van der Waals surface area contributed by atoms with E-state index in [9.17, 15) is 36.3 Å². The highest BCUT2D eigenvalue weighted by atomic mass is 35.5. The zero-order valence-corrected chi connectivity index (χ0v) is 22.7. The number of benzene rings is 2. The molecule has 9 nitrogen and oxygen atoms in total. The van der Waals surface area contributed by atoms with E-state index in [2.05, 4.69) is 25.9 Å². The van der Waals surface area contributed by atoms with Crippen LogP contribution in [0, 0.1) is 11.6 Å². The van der Waals surface area contributed by atoms with Gasteiger partial charge in [-0.25, -0.2) is 13.8 Å². The van der Waals surface area contributed by atoms with Gasteiger partial charge in [-0.2, -0.15) is 13.2 Å². The maximum absolute atomic E-state index is 14.3. The standard InChI is InChI=1S/C28H20ClF5N6O3/c1-13(14-3-2-6-35-11-14)36-27(43)25-38-24(39-26(42)15-7-16(28(32,33)34)9-18(31)8-15)23-22(37-21(41)12-40(23)25)19-10-17(30)4-5-20(19)29/h2-11,13,22H,12H2,1H3,(H,36,43)(H,37,41)(H,39,42)/t13-,22-/m0/s1. The number of halogens is 6. The van der Waals surface area contributed by atoms with Gasteiger partial charge >= 0.3 is 6.18 Å². The molecule has 0 spiro atoms. The van der Waals surface area contributed by atoms with E-state index >= 15 is 0 Å². The first kappa shape index (κ1) is 29.6. The lowest BCUT2D eigenvalue weighted by Gasteiger charge is -2.28. The van der Waals surface area contributed by atoms with Gasteiger partial charge in [0.25, 0.3) is 11.8 Å². The second-order valence-electron chi connectivity index (χ2n) is 9.58. The molecule has 2 aromatic carbocycles. The van der Waals surface area contributed by atoms with Gasteiger partial charge in [0.15, 0.2) is 5.82 Å². The van der Waals surface area contributed by atoms with E-state index in [1.807, 2.05) is 0 Å². The number of imidazole rings is 1. The molecule has 222 valence electrons. The van der Waals surface area contributed by atoms with Crippen LogP contribution in [0.25, 0.3) is 0 Å². The lowest BCUT2D eigenvalue weighted by atomic mass is 10.0. The number of pyridine rings is 1. The Kier molecular flexibility index (Phi) is 7.88. The fraction of sp³-hybridized carbons (Fsp3) is 0.179. The third-order valence-electron chi connectivity index (χ3n) is 6.61. The molecule has 0 saturated heterocycles. The minimum absolute atomic E-state index is 0.0212. The lowest BCUT2D eigenvalue weighted by molar-refractivity contribution is -0.137. The van der Waals surface area contributed by atoms with Crippen LogP contribution in [0.3, 0.4) is 0 Å². The maximum Gasteiger partial charge on any atom is 0.416 e. The lowest BCUT2D eigenvalue weighted by Crippen LogP contribution is -2.41. The van der Waals surface area contributed by atoms with Gasteiger partial charge in [0.2, 0.25) is 11.7 Å². The number of amides is 3. The number of aromatic nitrogens is 3. The van der Waals surface area contributed by atoms with Crippen molar-refractivity contribution in [3.05, 3.63) is 111 Å². The Bertz CT molecular complexity index is 1740. The highest BCUT2D eigenvalue weighted by Gasteiger charge is 2.37. The van der Waals surface area contributed by atoms with Gasteiger partial charge in [-0.05, 0) is 55.0 Å². The van der Waals surface area contributed by atoms with Crippen molar-refractivity contribution in [2.45, 2.75) is 31.7 Å². The predicted octanol–water partition coefficient (Wildman–Crippen LogP) is 5.19. The van der Waals surface area contributed by atoms with Crippen LogP contribution < -0.4 is 16.0 Å². The van der Waals surface area contributed by atoms with Crippen molar-refractivity contribution >= 4 is 35.1 Å². The predicted molar refractivity (Wildman–Crippen MR) is 143 cm³/mol. The van der Waals surface area contributed by atoms with Crippen molar-refractivity contribution in [2.24, 2.45) is 0 Å². The second kappa shape index (κ2) is 11.4. The summed E-state index contributed by atoms with van der Waals surface area (Å²) >= 11 is 6.31. The maximum atomic E-state index is 14.3. The van der Waals surface area contributed by atoms with Crippen LogP contribution in [0.15, 0.2) is 60.9 Å². The van der Waals surface area contributed by atoms with Crippen LogP contribution in [-0.4, -0.2) is 32.3 Å². The van der Waals surface area contributed by atoms with Gasteiger partial charge in [-0.1, -0.05) is 17.7 Å². The fourth-order valence-electron chi connectivity index (χ4n) is 4.60. The van der Waals surface area contributed by atoms with E-state index in [1.54, 1.807) is 25.3 Å². The molecule has 1 aliphatic heterocycles. The highest BCUT2D eigenvalue weighted by Crippen LogP contribution is 2.37. The first-order valence-electron chi connectivity index (χ1n) is 12.6. The van der Waals surface area contributed by atoms with Gasteiger partial charge in [0, 0.05) is 28.5 Å². The van der Waals surface area contributed by atoms with Crippen molar-refractivity contribution in [3.8, 4) is 0 Å². The topological polar surface area (TPSA) is 118 Å². The van der Waals surface area contributed by atoms with Crippen molar-refractivity contribution in [2.75, 3.05) is 5.32 Å². The monoisotopic (exact) mass is 618 g/mol. The van der Waals surface area contributed by atoms with Gasteiger partial charge in [0.1, 0.15) is 18.2 Å². The Morgan fingerprint density at radius 2 is 1.86 bits per heavy atom. The average Bonchev–Trinajstić information content (AvgIpc) is 3.31. The van der Waals surface area contributed by atoms with E-state index in [0.29, 0.717) is 17.7 Å². The van der Waals surface area contributed by atoms with Crippen LogP contribution in [0.2, 0.25) is 5.02 Å². The van der Waals surface area contributed by atoms with E-state index in [0.717, 1.165) is 12.1 Å².